The zero-order valence-electron chi connectivity index (χ0n) is 13.7. The first-order valence-corrected chi connectivity index (χ1v) is 9.28. The Balaban J connectivity index is 3.14. The molecule has 0 fully saturated rings. The number of halogens is 1. The number of aliphatic carboxylic acids is 1. The summed E-state index contributed by atoms with van der Waals surface area (Å²) in [7, 11) is -2.48. The molecular weight excluding hydrogens is 358 g/mol. The summed E-state index contributed by atoms with van der Waals surface area (Å²) < 4.78 is 37.0. The first-order chi connectivity index (χ1) is 11.3. The molecule has 1 aromatic rings. The fourth-order valence-electron chi connectivity index (χ4n) is 2.01. The minimum Gasteiger partial charge on any atom is -0.492 e. The van der Waals surface area contributed by atoms with Crippen molar-refractivity contribution >= 4 is 27.6 Å². The van der Waals surface area contributed by atoms with E-state index in [-0.39, 0.29) is 28.8 Å². The van der Waals surface area contributed by atoms with Crippen molar-refractivity contribution in [2.24, 2.45) is 0 Å². The van der Waals surface area contributed by atoms with Crippen LogP contribution in [0.5, 0.6) is 5.75 Å². The Morgan fingerprint density at radius 2 is 2.04 bits per heavy atom. The smallest absolute Gasteiger partial charge is 0.318 e. The van der Waals surface area contributed by atoms with Crippen LogP contribution in [0.15, 0.2) is 23.1 Å². The molecular formula is C15H22ClNO6S. The molecule has 24 heavy (non-hydrogen) atoms. The Morgan fingerprint density at radius 3 is 2.62 bits per heavy atom. The molecule has 0 aromatic heterocycles. The van der Waals surface area contributed by atoms with Gasteiger partial charge in [-0.05, 0) is 24.6 Å². The van der Waals surface area contributed by atoms with Crippen LogP contribution < -0.4 is 4.74 Å². The van der Waals surface area contributed by atoms with Gasteiger partial charge in [0, 0.05) is 31.7 Å². The summed E-state index contributed by atoms with van der Waals surface area (Å²) in [5.41, 5.74) is 0. The van der Waals surface area contributed by atoms with Gasteiger partial charge in [-0.15, -0.1) is 0 Å². The maximum absolute atomic E-state index is 12.8. The van der Waals surface area contributed by atoms with Crippen LogP contribution in [0.1, 0.15) is 19.8 Å². The predicted octanol–water partition coefficient (Wildman–Crippen LogP) is 2.24. The highest BCUT2D eigenvalue weighted by Crippen LogP contribution is 2.30. The lowest BCUT2D eigenvalue weighted by Crippen LogP contribution is -2.36. The van der Waals surface area contributed by atoms with Gasteiger partial charge in [0.15, 0.2) is 0 Å². The zero-order chi connectivity index (χ0) is 18.2. The molecule has 9 heteroatoms. The normalized spacial score (nSPS) is 11.7. The molecule has 0 saturated carbocycles. The molecule has 0 heterocycles. The van der Waals surface area contributed by atoms with Crippen LogP contribution in [0.2, 0.25) is 5.02 Å². The van der Waals surface area contributed by atoms with Crippen LogP contribution in [0.3, 0.4) is 0 Å². The lowest BCUT2D eigenvalue weighted by atomic mass is 10.3. The van der Waals surface area contributed by atoms with E-state index in [1.165, 1.54) is 18.2 Å². The van der Waals surface area contributed by atoms with Crippen molar-refractivity contribution in [3.63, 3.8) is 0 Å². The van der Waals surface area contributed by atoms with Gasteiger partial charge >= 0.3 is 5.97 Å². The molecule has 0 atom stereocenters. The highest BCUT2D eigenvalue weighted by Gasteiger charge is 2.29. The number of hydrogen-bond donors (Lipinski definition) is 1. The number of carboxylic acids is 1. The number of benzene rings is 1. The molecule has 1 aromatic carbocycles. The van der Waals surface area contributed by atoms with Gasteiger partial charge in [-0.3, -0.25) is 4.79 Å². The first kappa shape index (κ1) is 20.7. The summed E-state index contributed by atoms with van der Waals surface area (Å²) in [6.07, 6.45) is 1.07. The topological polar surface area (TPSA) is 93.1 Å². The van der Waals surface area contributed by atoms with Crippen LogP contribution in [-0.4, -0.2) is 57.2 Å². The van der Waals surface area contributed by atoms with Gasteiger partial charge in [-0.25, -0.2) is 8.42 Å². The number of hydrogen-bond acceptors (Lipinski definition) is 5. The number of rotatable bonds is 11. The van der Waals surface area contributed by atoms with Gasteiger partial charge in [-0.2, -0.15) is 4.31 Å². The molecule has 0 unspecified atom stereocenters. The molecule has 136 valence electrons. The van der Waals surface area contributed by atoms with Crippen molar-refractivity contribution < 1.29 is 27.8 Å². The fourth-order valence-corrected chi connectivity index (χ4v) is 3.89. The van der Waals surface area contributed by atoms with E-state index in [0.717, 1.165) is 4.31 Å². The number of methoxy groups -OCH3 is 1. The molecule has 0 amide bonds. The van der Waals surface area contributed by atoms with Crippen LogP contribution in [0.25, 0.3) is 0 Å². The van der Waals surface area contributed by atoms with E-state index in [1.54, 1.807) is 14.0 Å². The number of sulfonamides is 1. The fraction of sp³-hybridized carbons (Fsp3) is 0.533. The molecule has 1 rings (SSSR count). The van der Waals surface area contributed by atoms with Gasteiger partial charge in [0.25, 0.3) is 0 Å². The van der Waals surface area contributed by atoms with E-state index >= 15 is 0 Å². The highest BCUT2D eigenvalue weighted by molar-refractivity contribution is 7.89. The monoisotopic (exact) mass is 379 g/mol. The third kappa shape index (κ3) is 5.94. The standard InChI is InChI=1S/C15H22ClNO6S/c1-3-7-17(11-15(18)19)24(20,21)14-10-12(16)5-6-13(14)23-9-4-8-22-2/h5-6,10H,3-4,7-9,11H2,1-2H3,(H,18,19). The van der Waals surface area contributed by atoms with Crippen molar-refractivity contribution in [2.75, 3.05) is 33.4 Å². The second kappa shape index (κ2) is 9.83. The number of carbonyl (C=O) groups is 1. The van der Waals surface area contributed by atoms with Crippen LogP contribution in [-0.2, 0) is 19.6 Å². The Labute approximate surface area is 147 Å². The molecule has 0 spiro atoms. The number of ether oxygens (including phenoxy) is 2. The van der Waals surface area contributed by atoms with E-state index in [2.05, 4.69) is 0 Å². The van der Waals surface area contributed by atoms with Crippen molar-refractivity contribution in [1.82, 2.24) is 4.31 Å². The summed E-state index contributed by atoms with van der Waals surface area (Å²) >= 11 is 5.92. The van der Waals surface area contributed by atoms with Gasteiger partial charge in [0.2, 0.25) is 10.0 Å². The zero-order valence-corrected chi connectivity index (χ0v) is 15.3. The lowest BCUT2D eigenvalue weighted by molar-refractivity contribution is -0.137. The average molecular weight is 380 g/mol. The van der Waals surface area contributed by atoms with Gasteiger partial charge in [0.1, 0.15) is 17.2 Å². The molecule has 0 aliphatic rings. The SMILES string of the molecule is CCCN(CC(=O)O)S(=O)(=O)c1cc(Cl)ccc1OCCCOC. The predicted molar refractivity (Wildman–Crippen MR) is 90.1 cm³/mol. The van der Waals surface area contributed by atoms with Gasteiger partial charge in [-0.1, -0.05) is 18.5 Å². The van der Waals surface area contributed by atoms with E-state index in [9.17, 15) is 13.2 Å². The largest absolute Gasteiger partial charge is 0.492 e. The Kier molecular flexibility index (Phi) is 8.47. The molecule has 1 N–H and O–H groups in total. The van der Waals surface area contributed by atoms with E-state index in [0.29, 0.717) is 19.4 Å². The number of nitrogens with zero attached hydrogens (tertiary/aromatic N) is 1. The molecule has 0 aliphatic carbocycles. The van der Waals surface area contributed by atoms with Crippen molar-refractivity contribution in [1.29, 1.82) is 0 Å². The average Bonchev–Trinajstić information content (AvgIpc) is 2.51. The summed E-state index contributed by atoms with van der Waals surface area (Å²) in [5.74, 6) is -1.08. The summed E-state index contributed by atoms with van der Waals surface area (Å²) in [6, 6.07) is 4.26. The van der Waals surface area contributed by atoms with Crippen molar-refractivity contribution in [3.05, 3.63) is 23.2 Å². The van der Waals surface area contributed by atoms with Crippen molar-refractivity contribution in [3.8, 4) is 5.75 Å². The third-order valence-corrected chi connectivity index (χ3v) is 5.16. The second-order valence-electron chi connectivity index (χ2n) is 5.02. The maximum atomic E-state index is 12.8. The minimum atomic E-state index is -4.04. The molecule has 7 nitrogen and oxygen atoms in total. The van der Waals surface area contributed by atoms with Crippen LogP contribution in [0.4, 0.5) is 0 Å². The molecule has 0 radical (unpaired) electrons. The number of carboxylic acid groups (broad SMARTS) is 1. The summed E-state index contributed by atoms with van der Waals surface area (Å²) in [6.45, 7) is 1.99. The molecule has 0 aliphatic heterocycles. The lowest BCUT2D eigenvalue weighted by Gasteiger charge is -2.21. The first-order valence-electron chi connectivity index (χ1n) is 7.46. The van der Waals surface area contributed by atoms with Crippen LogP contribution >= 0.6 is 11.6 Å². The third-order valence-electron chi connectivity index (χ3n) is 3.06. The molecule has 0 bridgehead atoms. The highest BCUT2D eigenvalue weighted by atomic mass is 35.5. The van der Waals surface area contributed by atoms with E-state index < -0.39 is 22.5 Å². The summed E-state index contributed by atoms with van der Waals surface area (Å²) in [5, 5.41) is 9.19. The Bertz CT molecular complexity index is 649. The van der Waals surface area contributed by atoms with Gasteiger partial charge < -0.3 is 14.6 Å². The summed E-state index contributed by atoms with van der Waals surface area (Å²) in [4.78, 5) is 10.8. The minimum absolute atomic E-state index is 0.0876. The van der Waals surface area contributed by atoms with E-state index in [4.69, 9.17) is 26.2 Å². The Hall–Kier alpha value is -1.35. The second-order valence-corrected chi connectivity index (χ2v) is 7.36. The van der Waals surface area contributed by atoms with Gasteiger partial charge in [0.05, 0.1) is 6.61 Å². The van der Waals surface area contributed by atoms with Crippen molar-refractivity contribution in [2.45, 2.75) is 24.7 Å². The van der Waals surface area contributed by atoms with Crippen LogP contribution in [0, 0.1) is 0 Å². The Morgan fingerprint density at radius 1 is 1.33 bits per heavy atom. The maximum Gasteiger partial charge on any atom is 0.318 e. The quantitative estimate of drug-likeness (QED) is 0.593. The van der Waals surface area contributed by atoms with E-state index in [1.807, 2.05) is 0 Å². The molecule has 0 saturated heterocycles.